The van der Waals surface area contributed by atoms with Gasteiger partial charge in [0.05, 0.1) is 12.0 Å². The zero-order valence-corrected chi connectivity index (χ0v) is 19.2. The molecule has 0 bridgehead atoms. The number of fused-ring (bicyclic) bond motifs is 1. The Kier molecular flexibility index (Phi) is 8.23. The third-order valence-corrected chi connectivity index (χ3v) is 7.78. The number of terminal acetylenes is 1. The number of aliphatic hydroxyl groups excluding tert-OH is 1. The fourth-order valence-corrected chi connectivity index (χ4v) is 5.59. The van der Waals surface area contributed by atoms with E-state index >= 15 is 0 Å². The maximum Gasteiger partial charge on any atom is 0.490 e. The van der Waals surface area contributed by atoms with Crippen molar-refractivity contribution in [3.05, 3.63) is 18.6 Å². The number of nitrogen functional groups attached to an aromatic ring is 1. The quantitative estimate of drug-likeness (QED) is 0.135. The van der Waals surface area contributed by atoms with Crippen LogP contribution in [0.2, 0.25) is 0 Å². The number of nitrogens with zero attached hydrogens (tertiary/aromatic N) is 3. The second-order valence-electron chi connectivity index (χ2n) is 6.16. The second-order valence-corrected chi connectivity index (χ2v) is 10.6. The third-order valence-electron chi connectivity index (χ3n) is 3.98. The van der Waals surface area contributed by atoms with E-state index in [1.807, 2.05) is 5.92 Å². The zero-order chi connectivity index (χ0) is 25.2. The highest BCUT2D eigenvalue weighted by atomic mass is 31.3. The van der Waals surface area contributed by atoms with Crippen molar-refractivity contribution in [3.8, 4) is 12.3 Å². The first kappa shape index (κ1) is 27.5. The highest BCUT2D eigenvalue weighted by molar-refractivity contribution is 7.66. The molecule has 20 heteroatoms. The molecule has 0 radical (unpaired) electrons. The van der Waals surface area contributed by atoms with E-state index in [9.17, 15) is 28.8 Å². The smallest absolute Gasteiger partial charge is 0.384 e. The Morgan fingerprint density at radius 3 is 2.39 bits per heavy atom. The number of phosphoric acid groups is 3. The number of rotatable bonds is 11. The number of phosphoric ester groups is 1. The molecule has 8 N–H and O–H groups in total. The van der Waals surface area contributed by atoms with Gasteiger partial charge in [0.2, 0.25) is 5.72 Å². The molecule has 0 aliphatic rings. The van der Waals surface area contributed by atoms with E-state index < -0.39 is 48.0 Å². The van der Waals surface area contributed by atoms with Gasteiger partial charge in [0.15, 0.2) is 0 Å². The Labute approximate surface area is 185 Å². The van der Waals surface area contributed by atoms with Crippen LogP contribution in [0.25, 0.3) is 11.0 Å². The van der Waals surface area contributed by atoms with E-state index in [1.54, 1.807) is 0 Å². The van der Waals surface area contributed by atoms with E-state index in [0.29, 0.717) is 0 Å². The second kappa shape index (κ2) is 9.87. The van der Waals surface area contributed by atoms with E-state index in [2.05, 4.69) is 23.1 Å². The maximum absolute atomic E-state index is 11.9. The van der Waals surface area contributed by atoms with Gasteiger partial charge in [-0.05, 0) is 12.0 Å². The van der Waals surface area contributed by atoms with Gasteiger partial charge in [0.1, 0.15) is 30.0 Å². The zero-order valence-electron chi connectivity index (χ0n) is 16.5. The molecule has 17 nitrogen and oxygen atoms in total. The normalized spacial score (nSPS) is 19.7. The summed E-state index contributed by atoms with van der Waals surface area (Å²) < 4.78 is 51.4. The fraction of sp³-hybridized carbons (Fsp3) is 0.385. The molecule has 0 aliphatic heterocycles. The summed E-state index contributed by atoms with van der Waals surface area (Å²) in [5.74, 6) is 1.99. The Bertz CT molecular complexity index is 1190. The molecule has 0 saturated carbocycles. The molecule has 2 rings (SSSR count). The molecule has 184 valence electrons. The number of methoxy groups -OCH3 is 1. The Morgan fingerprint density at radius 1 is 1.21 bits per heavy atom. The van der Waals surface area contributed by atoms with E-state index in [0.717, 1.165) is 18.0 Å². The number of nitrogens with two attached hydrogens (primary N) is 1. The van der Waals surface area contributed by atoms with Crippen LogP contribution in [0.5, 0.6) is 0 Å². The fourth-order valence-electron chi connectivity index (χ4n) is 2.56. The van der Waals surface area contributed by atoms with Gasteiger partial charge in [-0.15, -0.1) is 6.42 Å². The largest absolute Gasteiger partial charge is 0.490 e. The van der Waals surface area contributed by atoms with Crippen molar-refractivity contribution in [3.63, 3.8) is 0 Å². The number of aromatic nitrogens is 3. The predicted molar refractivity (Wildman–Crippen MR) is 108 cm³/mol. The van der Waals surface area contributed by atoms with Crippen molar-refractivity contribution in [2.75, 3.05) is 19.5 Å². The molecule has 5 atom stereocenters. The van der Waals surface area contributed by atoms with Gasteiger partial charge in [-0.3, -0.25) is 9.09 Å². The number of ether oxygens (including phenoxy) is 1. The molecule has 0 aliphatic carbocycles. The lowest BCUT2D eigenvalue weighted by molar-refractivity contribution is -0.151. The number of anilines is 1. The van der Waals surface area contributed by atoms with Crippen molar-refractivity contribution >= 4 is 40.3 Å². The Morgan fingerprint density at radius 2 is 1.85 bits per heavy atom. The van der Waals surface area contributed by atoms with Gasteiger partial charge in [-0.25, -0.2) is 23.7 Å². The van der Waals surface area contributed by atoms with Crippen LogP contribution >= 0.6 is 23.5 Å². The lowest BCUT2D eigenvalue weighted by Crippen LogP contribution is -2.51. The first-order valence-electron chi connectivity index (χ1n) is 8.32. The molecule has 2 unspecified atom stereocenters. The topological polar surface area (TPSA) is 266 Å². The van der Waals surface area contributed by atoms with Gasteiger partial charge >= 0.3 is 23.5 Å². The summed E-state index contributed by atoms with van der Waals surface area (Å²) in [6.07, 6.45) is 3.95. The minimum absolute atomic E-state index is 0.0183. The van der Waals surface area contributed by atoms with Crippen molar-refractivity contribution in [2.24, 2.45) is 0 Å². The molecular weight excluding hydrogens is 513 g/mol. The van der Waals surface area contributed by atoms with Crippen LogP contribution < -0.4 is 5.73 Å². The highest BCUT2D eigenvalue weighted by Crippen LogP contribution is 2.66. The van der Waals surface area contributed by atoms with Crippen LogP contribution in [0.15, 0.2) is 18.6 Å². The van der Waals surface area contributed by atoms with E-state index in [1.165, 1.54) is 12.3 Å². The Balaban J connectivity index is 2.24. The summed E-state index contributed by atoms with van der Waals surface area (Å²) in [5.41, 5.74) is 3.16. The minimum atomic E-state index is -5.75. The van der Waals surface area contributed by atoms with Crippen LogP contribution in [0.3, 0.4) is 0 Å². The standard InChI is InChI=1S/C13H19N4O13P3/c1-3-13(19,17-5-4-8-11(14)15-7-16-12(8)17)10(18)9(27-2)6-28-32(23,24)30-33(25,26)29-31(20,21)22/h1,4-5,7,9-10,18-19H,6H2,2H3,(H,23,24)(H,25,26)(H2,14,15,16)(H2,20,21,22)/t9-,10+,13+/m0/s1. The molecular formula is C13H19N4O13P3. The molecule has 0 fully saturated rings. The molecule has 0 spiro atoms. The number of hydrogen-bond acceptors (Lipinski definition) is 12. The van der Waals surface area contributed by atoms with Gasteiger partial charge in [0, 0.05) is 13.3 Å². The summed E-state index contributed by atoms with van der Waals surface area (Å²) in [5, 5.41) is 21.9. The van der Waals surface area contributed by atoms with Crippen molar-refractivity contribution in [2.45, 2.75) is 17.9 Å². The number of hydrogen-bond donors (Lipinski definition) is 7. The minimum Gasteiger partial charge on any atom is -0.384 e. The third kappa shape index (κ3) is 6.66. The molecule has 2 aromatic heterocycles. The molecule has 0 amide bonds. The first-order chi connectivity index (χ1) is 15.1. The van der Waals surface area contributed by atoms with E-state index in [-0.39, 0.29) is 16.9 Å². The van der Waals surface area contributed by atoms with Gasteiger partial charge in [-0.2, -0.15) is 8.62 Å². The van der Waals surface area contributed by atoms with Crippen molar-refractivity contribution < 1.29 is 61.4 Å². The highest BCUT2D eigenvalue weighted by Gasteiger charge is 2.45. The van der Waals surface area contributed by atoms with Crippen LogP contribution in [-0.4, -0.2) is 70.2 Å². The predicted octanol–water partition coefficient (Wildman–Crippen LogP) is -0.989. The number of aliphatic hydroxyl groups is 2. The summed E-state index contributed by atoms with van der Waals surface area (Å²) in [6, 6.07) is 1.40. The Hall–Kier alpha value is -1.73. The molecule has 0 aromatic carbocycles. The van der Waals surface area contributed by atoms with Crippen LogP contribution in [0, 0.1) is 12.3 Å². The molecule has 2 heterocycles. The average Bonchev–Trinajstić information content (AvgIpc) is 3.10. The SMILES string of the molecule is C#C[C@@](O)([C@H](O)[C@H](COP(=O)(O)OP(=O)(O)OP(=O)(O)O)OC)n1ccc2c(N)ncnc21. The first-order valence-corrected chi connectivity index (χ1v) is 12.8. The summed E-state index contributed by atoms with van der Waals surface area (Å²) >= 11 is 0. The van der Waals surface area contributed by atoms with Crippen LogP contribution in [0.1, 0.15) is 0 Å². The summed E-state index contributed by atoms with van der Waals surface area (Å²) in [4.78, 5) is 43.5. The van der Waals surface area contributed by atoms with E-state index in [4.69, 9.17) is 31.6 Å². The lowest BCUT2D eigenvalue weighted by atomic mass is 10.0. The molecule has 2 aromatic rings. The van der Waals surface area contributed by atoms with Crippen molar-refractivity contribution in [1.29, 1.82) is 0 Å². The monoisotopic (exact) mass is 532 g/mol. The van der Waals surface area contributed by atoms with Gasteiger partial charge in [-0.1, -0.05) is 0 Å². The summed E-state index contributed by atoms with van der Waals surface area (Å²) in [7, 11) is -15.9. The molecule has 0 saturated heterocycles. The summed E-state index contributed by atoms with van der Waals surface area (Å²) in [6.45, 7) is -1.08. The molecule has 33 heavy (non-hydrogen) atoms. The van der Waals surface area contributed by atoms with Crippen molar-refractivity contribution in [1.82, 2.24) is 14.5 Å². The maximum atomic E-state index is 11.9. The van der Waals surface area contributed by atoms with Gasteiger partial charge < -0.3 is 40.3 Å². The average molecular weight is 532 g/mol. The van der Waals surface area contributed by atoms with Crippen LogP contribution in [-0.2, 0) is 37.3 Å². The van der Waals surface area contributed by atoms with Gasteiger partial charge in [0.25, 0.3) is 0 Å². The van der Waals surface area contributed by atoms with Crippen LogP contribution in [0.4, 0.5) is 5.82 Å². The lowest BCUT2D eigenvalue weighted by Gasteiger charge is -2.34.